The molecule has 10 nitrogen and oxygen atoms in total. The minimum atomic E-state index is -0.670. The number of rotatable bonds is 12. The fourth-order valence-electron chi connectivity index (χ4n) is 6.93. The van der Waals surface area contributed by atoms with Crippen LogP contribution in [0.25, 0.3) is 33.0 Å². The topological polar surface area (TPSA) is 118 Å². The number of ether oxygens (including phenoxy) is 3. The van der Waals surface area contributed by atoms with Gasteiger partial charge in [0.2, 0.25) is 0 Å². The predicted octanol–water partition coefficient (Wildman–Crippen LogP) is 5.54. The standard InChI is InChI=1S/C41H38N4O6/c46-29(22-44-15-17-49-18-16-44)23-45-24-35(33-20-31(12-14-37(33)45)51-26-28-9-5-2-6-10-28)39-38(40(47)43-41(39)48)34-21-42-36-13-11-30(19-32(34)36)50-25-27-7-3-1-4-8-27/h1-14,19-21,24,29,42,46H,15-18,22-23,25-26H2,(H,43,47,48). The van der Waals surface area contributed by atoms with Crippen LogP contribution < -0.4 is 14.8 Å². The molecule has 1 saturated heterocycles. The number of hydrogen-bond donors (Lipinski definition) is 3. The van der Waals surface area contributed by atoms with E-state index < -0.39 is 17.9 Å². The van der Waals surface area contributed by atoms with Crippen LogP contribution in [0.3, 0.4) is 0 Å². The number of aliphatic hydroxyl groups excluding tert-OH is 1. The van der Waals surface area contributed by atoms with Gasteiger partial charge in [0.25, 0.3) is 11.8 Å². The average molecular weight is 683 g/mol. The molecule has 6 aromatic rings. The number of β-amino-alcohol motifs (C(OH)–C–C–N with tert-alkyl or cyclic N) is 1. The molecular formula is C41H38N4O6. The highest BCUT2D eigenvalue weighted by Crippen LogP contribution is 2.40. The van der Waals surface area contributed by atoms with Gasteiger partial charge in [-0.1, -0.05) is 60.7 Å². The molecule has 1 unspecified atom stereocenters. The third kappa shape index (κ3) is 6.89. The lowest BCUT2D eigenvalue weighted by molar-refractivity contribution is -0.122. The molecule has 2 amide bonds. The molecule has 2 aliphatic heterocycles. The van der Waals surface area contributed by atoms with E-state index in [2.05, 4.69) is 15.2 Å². The molecule has 0 spiro atoms. The summed E-state index contributed by atoms with van der Waals surface area (Å²) in [6.45, 7) is 4.37. The van der Waals surface area contributed by atoms with Crippen molar-refractivity contribution in [3.63, 3.8) is 0 Å². The van der Waals surface area contributed by atoms with Crippen molar-refractivity contribution in [2.75, 3.05) is 32.8 Å². The molecule has 0 bridgehead atoms. The Balaban J connectivity index is 1.19. The van der Waals surface area contributed by atoms with E-state index in [0.29, 0.717) is 62.1 Å². The first-order chi connectivity index (χ1) is 25.0. The van der Waals surface area contributed by atoms with Gasteiger partial charge >= 0.3 is 0 Å². The highest BCUT2D eigenvalue weighted by molar-refractivity contribution is 6.50. The second kappa shape index (κ2) is 14.3. The normalized spacial score (nSPS) is 15.9. The summed E-state index contributed by atoms with van der Waals surface area (Å²) in [7, 11) is 0. The molecule has 8 rings (SSSR count). The number of imide groups is 1. The molecule has 51 heavy (non-hydrogen) atoms. The zero-order valence-electron chi connectivity index (χ0n) is 28.0. The Morgan fingerprint density at radius 2 is 1.33 bits per heavy atom. The largest absolute Gasteiger partial charge is 0.489 e. The third-order valence-corrected chi connectivity index (χ3v) is 9.45. The van der Waals surface area contributed by atoms with Crippen LogP contribution in [0.1, 0.15) is 22.3 Å². The van der Waals surface area contributed by atoms with Crippen LogP contribution in [-0.2, 0) is 34.1 Å². The fraction of sp³-hybridized carbons (Fsp3) is 0.220. The molecule has 4 heterocycles. The maximum atomic E-state index is 13.8. The molecular weight excluding hydrogens is 644 g/mol. The number of aromatic amines is 1. The van der Waals surface area contributed by atoms with E-state index in [0.717, 1.165) is 46.0 Å². The van der Waals surface area contributed by atoms with Crippen molar-refractivity contribution in [3.8, 4) is 11.5 Å². The second-order valence-electron chi connectivity index (χ2n) is 12.9. The molecule has 1 fully saturated rings. The molecule has 2 aromatic heterocycles. The van der Waals surface area contributed by atoms with Gasteiger partial charge in [-0.2, -0.15) is 0 Å². The van der Waals surface area contributed by atoms with E-state index in [1.54, 1.807) is 6.20 Å². The number of carbonyl (C=O) groups is 2. The summed E-state index contributed by atoms with van der Waals surface area (Å²) >= 11 is 0. The molecule has 2 aliphatic rings. The van der Waals surface area contributed by atoms with Crippen molar-refractivity contribution >= 4 is 44.8 Å². The lowest BCUT2D eigenvalue weighted by Gasteiger charge is -2.28. The van der Waals surface area contributed by atoms with Crippen LogP contribution in [0.5, 0.6) is 11.5 Å². The molecule has 10 heteroatoms. The summed E-state index contributed by atoms with van der Waals surface area (Å²) in [6.07, 6.45) is 2.96. The first kappa shape index (κ1) is 32.5. The number of aromatic nitrogens is 2. The number of nitrogens with zero attached hydrogens (tertiary/aromatic N) is 2. The maximum absolute atomic E-state index is 13.8. The zero-order chi connectivity index (χ0) is 34.7. The van der Waals surface area contributed by atoms with E-state index >= 15 is 0 Å². The quantitative estimate of drug-likeness (QED) is 0.145. The highest BCUT2D eigenvalue weighted by Gasteiger charge is 2.35. The third-order valence-electron chi connectivity index (χ3n) is 9.45. The molecule has 0 saturated carbocycles. The number of fused-ring (bicyclic) bond motifs is 2. The van der Waals surface area contributed by atoms with E-state index in [4.69, 9.17) is 14.2 Å². The van der Waals surface area contributed by atoms with Gasteiger partial charge in [-0.25, -0.2) is 0 Å². The fourth-order valence-corrected chi connectivity index (χ4v) is 6.93. The maximum Gasteiger partial charge on any atom is 0.259 e. The Morgan fingerprint density at radius 1 is 0.725 bits per heavy atom. The van der Waals surface area contributed by atoms with Gasteiger partial charge in [-0.3, -0.25) is 19.8 Å². The Kier molecular flexibility index (Phi) is 9.11. The number of benzene rings is 4. The van der Waals surface area contributed by atoms with Gasteiger partial charge in [0.15, 0.2) is 0 Å². The monoisotopic (exact) mass is 682 g/mol. The van der Waals surface area contributed by atoms with Gasteiger partial charge in [0.05, 0.1) is 30.5 Å². The minimum absolute atomic E-state index is 0.267. The van der Waals surface area contributed by atoms with Crippen LogP contribution in [0, 0.1) is 0 Å². The van der Waals surface area contributed by atoms with Crippen LogP contribution >= 0.6 is 0 Å². The number of hydrogen-bond acceptors (Lipinski definition) is 7. The van der Waals surface area contributed by atoms with Crippen molar-refractivity contribution < 1.29 is 28.9 Å². The Hall–Kier alpha value is -5.68. The van der Waals surface area contributed by atoms with Crippen molar-refractivity contribution in [1.29, 1.82) is 0 Å². The number of morpholine rings is 1. The van der Waals surface area contributed by atoms with Gasteiger partial charge in [0.1, 0.15) is 24.7 Å². The molecule has 0 aliphatic carbocycles. The number of aliphatic hydroxyl groups is 1. The highest BCUT2D eigenvalue weighted by atomic mass is 16.5. The van der Waals surface area contributed by atoms with E-state index in [1.165, 1.54) is 0 Å². The molecule has 0 radical (unpaired) electrons. The summed E-state index contributed by atoms with van der Waals surface area (Å²) in [5.74, 6) is 0.309. The SMILES string of the molecule is O=C1NC(=O)C(c2cn(CC(O)CN3CCOCC3)c3ccc(OCc4ccccc4)cc23)=C1c1c[nH]c2ccc(OCc3ccccc3)cc12. The number of H-pyrrole nitrogens is 1. The van der Waals surface area contributed by atoms with E-state index in [1.807, 2.05) is 108 Å². The smallest absolute Gasteiger partial charge is 0.259 e. The summed E-state index contributed by atoms with van der Waals surface area (Å²) in [4.78, 5) is 32.9. The Labute approximate surface area is 294 Å². The minimum Gasteiger partial charge on any atom is -0.489 e. The Bertz CT molecular complexity index is 2230. The van der Waals surface area contributed by atoms with Crippen LogP contribution in [0.2, 0.25) is 0 Å². The van der Waals surface area contributed by atoms with Crippen LogP contribution in [0.15, 0.2) is 109 Å². The predicted molar refractivity (Wildman–Crippen MR) is 195 cm³/mol. The lowest BCUT2D eigenvalue weighted by Crippen LogP contribution is -2.41. The van der Waals surface area contributed by atoms with Gasteiger partial charge in [-0.15, -0.1) is 0 Å². The Morgan fingerprint density at radius 3 is 2.00 bits per heavy atom. The van der Waals surface area contributed by atoms with Gasteiger partial charge in [0, 0.05) is 71.5 Å². The molecule has 1 atom stereocenters. The zero-order valence-corrected chi connectivity index (χ0v) is 28.0. The van der Waals surface area contributed by atoms with E-state index in [-0.39, 0.29) is 11.1 Å². The van der Waals surface area contributed by atoms with Crippen molar-refractivity contribution in [2.24, 2.45) is 0 Å². The average Bonchev–Trinajstić information content (AvgIpc) is 3.82. The first-order valence-electron chi connectivity index (χ1n) is 17.2. The van der Waals surface area contributed by atoms with Gasteiger partial charge in [-0.05, 0) is 47.5 Å². The molecule has 3 N–H and O–H groups in total. The first-order valence-corrected chi connectivity index (χ1v) is 17.2. The van der Waals surface area contributed by atoms with Crippen molar-refractivity contribution in [2.45, 2.75) is 25.9 Å². The van der Waals surface area contributed by atoms with Crippen molar-refractivity contribution in [1.82, 2.24) is 19.8 Å². The molecule has 4 aromatic carbocycles. The van der Waals surface area contributed by atoms with Gasteiger partial charge < -0.3 is 28.9 Å². The summed E-state index contributed by atoms with van der Waals surface area (Å²) < 4.78 is 19.8. The number of carbonyl (C=O) groups excluding carboxylic acids is 2. The van der Waals surface area contributed by atoms with Crippen LogP contribution in [-0.4, -0.2) is 70.3 Å². The number of nitrogens with one attached hydrogen (secondary N) is 2. The van der Waals surface area contributed by atoms with E-state index in [9.17, 15) is 14.7 Å². The van der Waals surface area contributed by atoms with Crippen LogP contribution in [0.4, 0.5) is 0 Å². The summed E-state index contributed by atoms with van der Waals surface area (Å²) in [6, 6.07) is 31.2. The summed E-state index contributed by atoms with van der Waals surface area (Å²) in [5, 5.41) is 15.3. The van der Waals surface area contributed by atoms with Crippen molar-refractivity contribution in [3.05, 3.63) is 132 Å². The second-order valence-corrected chi connectivity index (χ2v) is 12.9. The molecule has 258 valence electrons. The number of amides is 2. The lowest BCUT2D eigenvalue weighted by atomic mass is 9.95. The summed E-state index contributed by atoms with van der Waals surface area (Å²) in [5.41, 5.74) is 5.40.